The highest BCUT2D eigenvalue weighted by atomic mass is 16.6. The van der Waals surface area contributed by atoms with Crippen molar-refractivity contribution in [2.75, 3.05) is 13.2 Å². The van der Waals surface area contributed by atoms with E-state index in [0.29, 0.717) is 19.3 Å². The highest BCUT2D eigenvalue weighted by molar-refractivity contribution is 5.71. The number of ether oxygens (including phenoxy) is 3. The van der Waals surface area contributed by atoms with Gasteiger partial charge in [-0.05, 0) is 83.5 Å². The molecule has 0 N–H and O–H groups in total. The molecule has 6 nitrogen and oxygen atoms in total. The summed E-state index contributed by atoms with van der Waals surface area (Å²) in [5.74, 6) is -0.979. The third kappa shape index (κ3) is 45.5. The molecule has 336 valence electrons. The minimum atomic E-state index is -0.802. The van der Waals surface area contributed by atoms with Crippen LogP contribution < -0.4 is 0 Å². The maximum atomic E-state index is 12.7. The highest BCUT2D eigenvalue weighted by Gasteiger charge is 2.19. The van der Waals surface area contributed by atoms with Crippen LogP contribution in [-0.2, 0) is 28.6 Å². The van der Waals surface area contributed by atoms with E-state index in [9.17, 15) is 14.4 Å². The fourth-order valence-electron chi connectivity index (χ4n) is 6.29. The normalized spacial score (nSPS) is 12.8. The second kappa shape index (κ2) is 47.3. The van der Waals surface area contributed by atoms with E-state index in [1.807, 2.05) is 0 Å². The van der Waals surface area contributed by atoms with Crippen LogP contribution in [0.5, 0.6) is 0 Å². The molecule has 0 bridgehead atoms. The summed E-state index contributed by atoms with van der Waals surface area (Å²) in [5, 5.41) is 0. The van der Waals surface area contributed by atoms with Crippen molar-refractivity contribution < 1.29 is 28.6 Å². The Labute approximate surface area is 363 Å². The first-order valence-corrected chi connectivity index (χ1v) is 24.1. The number of hydrogen-bond donors (Lipinski definition) is 0. The zero-order valence-electron chi connectivity index (χ0n) is 38.2. The van der Waals surface area contributed by atoms with Crippen LogP contribution in [0.2, 0.25) is 0 Å². The van der Waals surface area contributed by atoms with Gasteiger partial charge < -0.3 is 14.2 Å². The van der Waals surface area contributed by atoms with Crippen molar-refractivity contribution in [2.24, 2.45) is 0 Å². The highest BCUT2D eigenvalue weighted by Crippen LogP contribution is 2.13. The third-order valence-corrected chi connectivity index (χ3v) is 9.91. The molecule has 6 heteroatoms. The van der Waals surface area contributed by atoms with Crippen molar-refractivity contribution in [3.8, 4) is 0 Å². The third-order valence-electron chi connectivity index (χ3n) is 9.91. The predicted molar refractivity (Wildman–Crippen MR) is 251 cm³/mol. The molecule has 0 heterocycles. The molecular formula is C53H88O6. The van der Waals surface area contributed by atoms with E-state index in [-0.39, 0.29) is 37.5 Å². The lowest BCUT2D eigenvalue weighted by atomic mass is 10.1. The molecule has 1 unspecified atom stereocenters. The van der Waals surface area contributed by atoms with E-state index >= 15 is 0 Å². The molecule has 0 amide bonds. The standard InChI is InChI=1S/C53H88O6/c1-4-7-10-13-16-19-21-23-25-26-28-29-31-34-37-40-43-46-52(55)58-49-50(48-57-51(54)45-42-39-36-33-18-15-12-9-6-3)59-53(56)47-44-41-38-35-32-30-27-24-22-20-17-14-11-8-5-2/h7,10,16-17,19-20,22-25,28-29,34,37,50H,4-6,8-9,11-15,18,21,26-27,30-33,35-36,38-49H2,1-3H3/b10-7-,19-16-,20-17-,24-22-,25-23-,29-28-,37-34-. The van der Waals surface area contributed by atoms with E-state index in [2.05, 4.69) is 106 Å². The van der Waals surface area contributed by atoms with Crippen LogP contribution in [0.1, 0.15) is 213 Å². The zero-order valence-corrected chi connectivity index (χ0v) is 38.2. The van der Waals surface area contributed by atoms with Gasteiger partial charge in [0.1, 0.15) is 13.2 Å². The Morgan fingerprint density at radius 1 is 0.373 bits per heavy atom. The molecule has 0 spiro atoms. The fourth-order valence-corrected chi connectivity index (χ4v) is 6.29. The lowest BCUT2D eigenvalue weighted by molar-refractivity contribution is -0.167. The number of hydrogen-bond acceptors (Lipinski definition) is 6. The van der Waals surface area contributed by atoms with Crippen LogP contribution in [0.3, 0.4) is 0 Å². The molecule has 0 rings (SSSR count). The maximum Gasteiger partial charge on any atom is 0.306 e. The van der Waals surface area contributed by atoms with Crippen molar-refractivity contribution in [1.82, 2.24) is 0 Å². The van der Waals surface area contributed by atoms with Gasteiger partial charge in [-0.3, -0.25) is 14.4 Å². The number of allylic oxidation sites excluding steroid dienone is 14. The number of carbonyl (C=O) groups is 3. The lowest BCUT2D eigenvalue weighted by Crippen LogP contribution is -2.30. The average Bonchev–Trinajstić information content (AvgIpc) is 3.23. The van der Waals surface area contributed by atoms with Crippen LogP contribution in [0.4, 0.5) is 0 Å². The first-order valence-electron chi connectivity index (χ1n) is 24.1. The molecule has 59 heavy (non-hydrogen) atoms. The van der Waals surface area contributed by atoms with Crippen molar-refractivity contribution in [1.29, 1.82) is 0 Å². The summed E-state index contributed by atoms with van der Waals surface area (Å²) in [4.78, 5) is 37.8. The van der Waals surface area contributed by atoms with Gasteiger partial charge in [0, 0.05) is 19.3 Å². The lowest BCUT2D eigenvalue weighted by Gasteiger charge is -2.18. The summed E-state index contributed by atoms with van der Waals surface area (Å²) in [7, 11) is 0. The van der Waals surface area contributed by atoms with Gasteiger partial charge in [0.15, 0.2) is 6.10 Å². The topological polar surface area (TPSA) is 78.9 Å². The Bertz CT molecular complexity index is 1170. The molecule has 0 aliphatic heterocycles. The predicted octanol–water partition coefficient (Wildman–Crippen LogP) is 15.6. The first-order chi connectivity index (χ1) is 29.0. The van der Waals surface area contributed by atoms with Crippen molar-refractivity contribution >= 4 is 17.9 Å². The van der Waals surface area contributed by atoms with Gasteiger partial charge >= 0.3 is 17.9 Å². The monoisotopic (exact) mass is 821 g/mol. The smallest absolute Gasteiger partial charge is 0.306 e. The van der Waals surface area contributed by atoms with E-state index < -0.39 is 6.10 Å². The summed E-state index contributed by atoms with van der Waals surface area (Å²) < 4.78 is 16.7. The average molecular weight is 821 g/mol. The molecule has 1 atom stereocenters. The largest absolute Gasteiger partial charge is 0.462 e. The minimum Gasteiger partial charge on any atom is -0.462 e. The van der Waals surface area contributed by atoms with Crippen LogP contribution >= 0.6 is 0 Å². The number of carbonyl (C=O) groups excluding carboxylic acids is 3. The molecule has 0 aliphatic carbocycles. The SMILES string of the molecule is CC/C=C\C/C=C\C/C=C\C/C=C\C/C=C\CCCC(=O)OCC(COC(=O)CCCCCCCCCCC)OC(=O)CCCCCCCC/C=C\C=C/CCCCC. The molecule has 0 radical (unpaired) electrons. The molecule has 0 fully saturated rings. The van der Waals surface area contributed by atoms with Crippen LogP contribution in [-0.4, -0.2) is 37.2 Å². The van der Waals surface area contributed by atoms with Gasteiger partial charge in [0.05, 0.1) is 0 Å². The summed E-state index contributed by atoms with van der Waals surface area (Å²) in [5.41, 5.74) is 0. The summed E-state index contributed by atoms with van der Waals surface area (Å²) in [6.07, 6.45) is 60.0. The van der Waals surface area contributed by atoms with Crippen LogP contribution in [0, 0.1) is 0 Å². The Morgan fingerprint density at radius 3 is 1.22 bits per heavy atom. The molecule has 0 saturated heterocycles. The number of esters is 3. The molecule has 0 aromatic heterocycles. The van der Waals surface area contributed by atoms with E-state index in [1.54, 1.807) is 0 Å². The minimum absolute atomic E-state index is 0.0988. The van der Waals surface area contributed by atoms with Crippen LogP contribution in [0.15, 0.2) is 85.1 Å². The van der Waals surface area contributed by atoms with Gasteiger partial charge in [0.25, 0.3) is 0 Å². The number of rotatable bonds is 42. The van der Waals surface area contributed by atoms with Gasteiger partial charge in [-0.1, -0.05) is 196 Å². The molecule has 0 aliphatic rings. The number of unbranched alkanes of at least 4 members (excludes halogenated alkanes) is 18. The Kier molecular flexibility index (Phi) is 44.5. The fraction of sp³-hybridized carbons (Fsp3) is 0.679. The van der Waals surface area contributed by atoms with E-state index in [4.69, 9.17) is 14.2 Å². The summed E-state index contributed by atoms with van der Waals surface area (Å²) >= 11 is 0. The zero-order chi connectivity index (χ0) is 43.0. The second-order valence-electron chi connectivity index (χ2n) is 15.7. The Balaban J connectivity index is 4.47. The molecular weight excluding hydrogens is 733 g/mol. The summed E-state index contributed by atoms with van der Waals surface area (Å²) in [6.45, 7) is 6.40. The van der Waals surface area contributed by atoms with Gasteiger partial charge in [-0.2, -0.15) is 0 Å². The quantitative estimate of drug-likeness (QED) is 0.0201. The van der Waals surface area contributed by atoms with Crippen LogP contribution in [0.25, 0.3) is 0 Å². The maximum absolute atomic E-state index is 12.7. The van der Waals surface area contributed by atoms with Gasteiger partial charge in [-0.15, -0.1) is 0 Å². The second-order valence-corrected chi connectivity index (χ2v) is 15.7. The van der Waals surface area contributed by atoms with Crippen molar-refractivity contribution in [2.45, 2.75) is 219 Å². The summed E-state index contributed by atoms with van der Waals surface area (Å²) in [6, 6.07) is 0. The first kappa shape index (κ1) is 55.6. The van der Waals surface area contributed by atoms with Gasteiger partial charge in [-0.25, -0.2) is 0 Å². The van der Waals surface area contributed by atoms with E-state index in [0.717, 1.165) is 89.9 Å². The Hall–Kier alpha value is -3.41. The van der Waals surface area contributed by atoms with Crippen molar-refractivity contribution in [3.63, 3.8) is 0 Å². The van der Waals surface area contributed by atoms with E-state index in [1.165, 1.54) is 77.0 Å². The Morgan fingerprint density at radius 2 is 0.729 bits per heavy atom. The molecule has 0 saturated carbocycles. The molecule has 0 aromatic rings. The van der Waals surface area contributed by atoms with Gasteiger partial charge in [0.2, 0.25) is 0 Å². The molecule has 0 aromatic carbocycles. The van der Waals surface area contributed by atoms with Crippen molar-refractivity contribution in [3.05, 3.63) is 85.1 Å².